The fourth-order valence-corrected chi connectivity index (χ4v) is 4.16. The number of amides is 3. The number of nitrogens with zero attached hydrogens (tertiary/aromatic N) is 2. The van der Waals surface area contributed by atoms with Crippen LogP contribution in [0, 0.1) is 11.8 Å². The van der Waals surface area contributed by atoms with Crippen molar-refractivity contribution in [3.05, 3.63) is 0 Å². The van der Waals surface area contributed by atoms with E-state index in [0.29, 0.717) is 11.8 Å². The van der Waals surface area contributed by atoms with E-state index < -0.39 is 0 Å². The molecule has 1 aliphatic carbocycles. The molecule has 5 nitrogen and oxygen atoms in total. The third kappa shape index (κ3) is 3.29. The Labute approximate surface area is 133 Å². The van der Waals surface area contributed by atoms with Gasteiger partial charge < -0.3 is 9.64 Å². The summed E-state index contributed by atoms with van der Waals surface area (Å²) in [5, 5.41) is 0. The minimum absolute atomic E-state index is 0.00244. The smallest absolute Gasteiger partial charge is 0.327 e. The lowest BCUT2D eigenvalue weighted by atomic mass is 9.84. The van der Waals surface area contributed by atoms with Crippen molar-refractivity contribution in [2.45, 2.75) is 57.4 Å². The molecule has 3 rings (SSSR count). The summed E-state index contributed by atoms with van der Waals surface area (Å²) in [5.41, 5.74) is 0. The quantitative estimate of drug-likeness (QED) is 0.750. The average molecular weight is 308 g/mol. The molecule has 2 saturated heterocycles. The van der Waals surface area contributed by atoms with Crippen LogP contribution < -0.4 is 0 Å². The predicted molar refractivity (Wildman–Crippen MR) is 83.4 cm³/mol. The molecule has 0 aromatic rings. The largest absolute Gasteiger partial charge is 0.381 e. The first kappa shape index (κ1) is 15.8. The van der Waals surface area contributed by atoms with Crippen molar-refractivity contribution < 1.29 is 14.3 Å². The van der Waals surface area contributed by atoms with Gasteiger partial charge in [-0.1, -0.05) is 32.1 Å². The van der Waals surface area contributed by atoms with Crippen molar-refractivity contribution in [2.75, 3.05) is 26.8 Å². The molecule has 0 bridgehead atoms. The molecule has 0 spiro atoms. The molecule has 5 heteroatoms. The zero-order valence-electron chi connectivity index (χ0n) is 13.6. The topological polar surface area (TPSA) is 49.9 Å². The molecular formula is C17H28N2O3. The van der Waals surface area contributed by atoms with Crippen molar-refractivity contribution in [3.63, 3.8) is 0 Å². The number of rotatable bonds is 4. The van der Waals surface area contributed by atoms with Crippen molar-refractivity contribution >= 4 is 11.9 Å². The molecule has 22 heavy (non-hydrogen) atoms. The van der Waals surface area contributed by atoms with Crippen molar-refractivity contribution in [3.8, 4) is 0 Å². The fourth-order valence-electron chi connectivity index (χ4n) is 4.16. The highest BCUT2D eigenvalue weighted by Crippen LogP contribution is 2.32. The summed E-state index contributed by atoms with van der Waals surface area (Å²) in [6, 6.07) is -0.319. The Hall–Kier alpha value is -1.10. The summed E-state index contributed by atoms with van der Waals surface area (Å²) in [5.74, 6) is 1.09. The van der Waals surface area contributed by atoms with Gasteiger partial charge in [0.05, 0.1) is 0 Å². The van der Waals surface area contributed by atoms with Crippen LogP contribution in [0.15, 0.2) is 0 Å². The van der Waals surface area contributed by atoms with E-state index in [0.717, 1.165) is 39.0 Å². The van der Waals surface area contributed by atoms with Gasteiger partial charge in [0.25, 0.3) is 5.91 Å². The number of carbonyl (C=O) groups excluding carboxylic acids is 2. The number of hydrogen-bond acceptors (Lipinski definition) is 3. The zero-order chi connectivity index (χ0) is 15.5. The molecule has 3 amide bonds. The Bertz CT molecular complexity index is 376. The van der Waals surface area contributed by atoms with E-state index in [4.69, 9.17) is 4.74 Å². The lowest BCUT2D eigenvalue weighted by Crippen LogP contribution is -2.41. The van der Waals surface area contributed by atoms with Crippen LogP contribution in [-0.4, -0.2) is 54.6 Å². The second kappa shape index (κ2) is 6.99. The van der Waals surface area contributed by atoms with Crippen LogP contribution in [0.5, 0.6) is 0 Å². The van der Waals surface area contributed by atoms with Crippen molar-refractivity contribution in [1.29, 1.82) is 0 Å². The summed E-state index contributed by atoms with van der Waals surface area (Å²) in [6.45, 7) is 2.28. The summed E-state index contributed by atoms with van der Waals surface area (Å²) < 4.78 is 5.40. The zero-order valence-corrected chi connectivity index (χ0v) is 13.6. The number of imide groups is 1. The number of carbonyl (C=O) groups is 2. The predicted octanol–water partition coefficient (Wildman–Crippen LogP) is 2.65. The highest BCUT2D eigenvalue weighted by atomic mass is 16.5. The molecule has 3 aliphatic rings. The van der Waals surface area contributed by atoms with Crippen LogP contribution in [0.3, 0.4) is 0 Å². The summed E-state index contributed by atoms with van der Waals surface area (Å²) in [4.78, 5) is 28.1. The van der Waals surface area contributed by atoms with Gasteiger partial charge in [0.15, 0.2) is 0 Å². The molecule has 0 aromatic carbocycles. The molecule has 2 aliphatic heterocycles. The molecule has 124 valence electrons. The maximum atomic E-state index is 12.5. The van der Waals surface area contributed by atoms with E-state index in [2.05, 4.69) is 0 Å². The summed E-state index contributed by atoms with van der Waals surface area (Å²) in [7, 11) is 1.63. The Morgan fingerprint density at radius 2 is 1.68 bits per heavy atom. The van der Waals surface area contributed by atoms with Gasteiger partial charge >= 0.3 is 6.03 Å². The number of urea groups is 1. The Morgan fingerprint density at radius 3 is 2.36 bits per heavy atom. The molecule has 1 unspecified atom stereocenters. The molecular weight excluding hydrogens is 280 g/mol. The highest BCUT2D eigenvalue weighted by molar-refractivity contribution is 6.03. The summed E-state index contributed by atoms with van der Waals surface area (Å²) >= 11 is 0. The molecule has 0 aromatic heterocycles. The van der Waals surface area contributed by atoms with Crippen LogP contribution in [0.2, 0.25) is 0 Å². The number of hydrogen-bond donors (Lipinski definition) is 0. The van der Waals surface area contributed by atoms with E-state index in [1.165, 1.54) is 37.0 Å². The van der Waals surface area contributed by atoms with Crippen LogP contribution in [0.25, 0.3) is 0 Å². The van der Waals surface area contributed by atoms with Gasteiger partial charge in [-0.3, -0.25) is 9.69 Å². The molecule has 1 atom stereocenters. The molecule has 0 N–H and O–H groups in total. The van der Waals surface area contributed by atoms with Gasteiger partial charge in [-0.2, -0.15) is 0 Å². The lowest BCUT2D eigenvalue weighted by Gasteiger charge is -2.31. The minimum Gasteiger partial charge on any atom is -0.381 e. The van der Waals surface area contributed by atoms with Crippen LogP contribution in [0.4, 0.5) is 4.79 Å². The van der Waals surface area contributed by atoms with Crippen molar-refractivity contribution in [2.24, 2.45) is 11.8 Å². The van der Waals surface area contributed by atoms with E-state index in [9.17, 15) is 9.59 Å². The third-order valence-electron chi connectivity index (χ3n) is 5.60. The van der Waals surface area contributed by atoms with Crippen LogP contribution in [0.1, 0.15) is 51.4 Å². The Morgan fingerprint density at radius 1 is 1.00 bits per heavy atom. The normalized spacial score (nSPS) is 28.7. The standard InChI is InChI=1S/C17H28N2O3/c1-18-16(20)15(11-13-5-3-2-4-6-13)19(17(18)21)12-14-7-9-22-10-8-14/h13-15H,2-12H2,1H3. The lowest BCUT2D eigenvalue weighted by molar-refractivity contribution is -0.128. The first-order valence-electron chi connectivity index (χ1n) is 8.82. The van der Waals surface area contributed by atoms with Crippen molar-refractivity contribution in [1.82, 2.24) is 9.80 Å². The second-order valence-corrected chi connectivity index (χ2v) is 7.14. The highest BCUT2D eigenvalue weighted by Gasteiger charge is 2.44. The van der Waals surface area contributed by atoms with Gasteiger partial charge in [-0.15, -0.1) is 0 Å². The van der Waals surface area contributed by atoms with Gasteiger partial charge in [0.2, 0.25) is 0 Å². The number of likely N-dealkylation sites (N-methyl/N-ethyl adjacent to an activating group) is 1. The van der Waals surface area contributed by atoms with E-state index >= 15 is 0 Å². The Kier molecular flexibility index (Phi) is 5.01. The Balaban J connectivity index is 1.66. The van der Waals surface area contributed by atoms with Gasteiger partial charge in [0, 0.05) is 26.8 Å². The fraction of sp³-hybridized carbons (Fsp3) is 0.882. The maximum absolute atomic E-state index is 12.5. The SMILES string of the molecule is CN1C(=O)C(CC2CCCCC2)N(CC2CCOCC2)C1=O. The van der Waals surface area contributed by atoms with Gasteiger partial charge in [-0.05, 0) is 31.1 Å². The third-order valence-corrected chi connectivity index (χ3v) is 5.60. The maximum Gasteiger partial charge on any atom is 0.327 e. The first-order chi connectivity index (χ1) is 10.7. The monoisotopic (exact) mass is 308 g/mol. The number of ether oxygens (including phenoxy) is 1. The molecule has 1 saturated carbocycles. The molecule has 0 radical (unpaired) electrons. The van der Waals surface area contributed by atoms with Gasteiger partial charge in [-0.25, -0.2) is 4.79 Å². The second-order valence-electron chi connectivity index (χ2n) is 7.14. The average Bonchev–Trinajstić information content (AvgIpc) is 2.75. The van der Waals surface area contributed by atoms with E-state index in [-0.39, 0.29) is 18.0 Å². The molecule has 2 heterocycles. The first-order valence-corrected chi connectivity index (χ1v) is 8.82. The van der Waals surface area contributed by atoms with Crippen LogP contribution in [-0.2, 0) is 9.53 Å². The van der Waals surface area contributed by atoms with E-state index in [1.807, 2.05) is 4.90 Å². The minimum atomic E-state index is -0.219. The molecule has 3 fully saturated rings. The summed E-state index contributed by atoms with van der Waals surface area (Å²) in [6.07, 6.45) is 9.15. The van der Waals surface area contributed by atoms with Gasteiger partial charge in [0.1, 0.15) is 6.04 Å². The van der Waals surface area contributed by atoms with Crippen LogP contribution >= 0.6 is 0 Å². The van der Waals surface area contributed by atoms with E-state index in [1.54, 1.807) is 7.05 Å².